The first-order valence-electron chi connectivity index (χ1n) is 4.43. The minimum absolute atomic E-state index is 0.0577. The maximum atomic E-state index is 11.2. The molecule has 15 heavy (non-hydrogen) atoms. The summed E-state index contributed by atoms with van der Waals surface area (Å²) in [7, 11) is 0. The number of hydrogen-bond donors (Lipinski definition) is 5. The smallest absolute Gasteiger partial charge is 0.192 e. The maximum absolute atomic E-state index is 11.2. The number of carbonyl (C=O) groups excluding carboxylic acids is 1. The van der Waals surface area contributed by atoms with E-state index in [-0.39, 0.29) is 6.42 Å². The second kappa shape index (κ2) is 6.65. The highest BCUT2D eigenvalue weighted by Gasteiger charge is 2.32. The van der Waals surface area contributed by atoms with E-state index in [1.165, 1.54) is 6.08 Å². The molecule has 0 amide bonds. The fraction of sp³-hybridized carbons (Fsp3) is 0.667. The van der Waals surface area contributed by atoms with E-state index in [0.29, 0.717) is 0 Å². The van der Waals surface area contributed by atoms with Gasteiger partial charge in [-0.1, -0.05) is 6.08 Å². The minimum atomic E-state index is -1.93. The van der Waals surface area contributed by atoms with Crippen LogP contribution in [0.3, 0.4) is 0 Å². The lowest BCUT2D eigenvalue weighted by Crippen LogP contribution is -2.47. The standard InChI is InChI=1S/C9H16O6/c1-2-3-5(11)7(13)9(15)8(14)6(12)4-10/h2,5-6,8-12,14-15H,1,3-4H2/t5?,6-,8-,9-/m1/s1. The number of ketones is 1. The van der Waals surface area contributed by atoms with Crippen molar-refractivity contribution in [2.75, 3.05) is 6.61 Å². The molecule has 0 bridgehead atoms. The summed E-state index contributed by atoms with van der Waals surface area (Å²) in [5.74, 6) is -1.02. The molecule has 88 valence electrons. The SMILES string of the molecule is C=CCC(O)C(=O)[C@@H](O)[C@H](O)[C@H](O)CO. The molecular weight excluding hydrogens is 204 g/mol. The maximum Gasteiger partial charge on any atom is 0.192 e. The van der Waals surface area contributed by atoms with E-state index in [1.807, 2.05) is 0 Å². The average molecular weight is 220 g/mol. The second-order valence-electron chi connectivity index (χ2n) is 3.13. The van der Waals surface area contributed by atoms with Crippen molar-refractivity contribution >= 4 is 5.78 Å². The van der Waals surface area contributed by atoms with Crippen LogP contribution >= 0.6 is 0 Å². The van der Waals surface area contributed by atoms with Gasteiger partial charge in [0.25, 0.3) is 0 Å². The lowest BCUT2D eigenvalue weighted by Gasteiger charge is -2.21. The van der Waals surface area contributed by atoms with Crippen molar-refractivity contribution in [3.63, 3.8) is 0 Å². The van der Waals surface area contributed by atoms with Crippen LogP contribution in [0.25, 0.3) is 0 Å². The Balaban J connectivity index is 4.36. The van der Waals surface area contributed by atoms with Gasteiger partial charge in [0.1, 0.15) is 24.4 Å². The molecule has 0 aromatic rings. The Morgan fingerprint density at radius 2 is 1.80 bits per heavy atom. The topological polar surface area (TPSA) is 118 Å². The van der Waals surface area contributed by atoms with Gasteiger partial charge in [0.05, 0.1) is 6.61 Å². The molecule has 0 saturated heterocycles. The lowest BCUT2D eigenvalue weighted by atomic mass is 9.99. The van der Waals surface area contributed by atoms with Crippen molar-refractivity contribution in [3.8, 4) is 0 Å². The zero-order valence-corrected chi connectivity index (χ0v) is 8.15. The summed E-state index contributed by atoms with van der Waals surface area (Å²) >= 11 is 0. The van der Waals surface area contributed by atoms with Gasteiger partial charge in [-0.3, -0.25) is 4.79 Å². The number of carbonyl (C=O) groups is 1. The summed E-state index contributed by atoms with van der Waals surface area (Å²) < 4.78 is 0. The molecule has 0 fully saturated rings. The molecule has 0 aliphatic carbocycles. The first-order valence-corrected chi connectivity index (χ1v) is 4.43. The normalized spacial score (nSPS) is 19.0. The minimum Gasteiger partial charge on any atom is -0.394 e. The average Bonchev–Trinajstić information content (AvgIpc) is 2.25. The van der Waals surface area contributed by atoms with Crippen molar-refractivity contribution in [1.29, 1.82) is 0 Å². The van der Waals surface area contributed by atoms with E-state index in [2.05, 4.69) is 6.58 Å². The summed E-state index contributed by atoms with van der Waals surface area (Å²) in [6.07, 6.45) is -5.62. The molecule has 5 N–H and O–H groups in total. The molecule has 4 atom stereocenters. The Kier molecular flexibility index (Phi) is 6.30. The predicted molar refractivity (Wildman–Crippen MR) is 50.9 cm³/mol. The molecule has 0 aromatic heterocycles. The van der Waals surface area contributed by atoms with Crippen LogP contribution < -0.4 is 0 Å². The number of rotatable bonds is 7. The first kappa shape index (κ1) is 14.2. The van der Waals surface area contributed by atoms with Crippen molar-refractivity contribution in [2.24, 2.45) is 0 Å². The second-order valence-corrected chi connectivity index (χ2v) is 3.13. The van der Waals surface area contributed by atoms with E-state index in [1.54, 1.807) is 0 Å². The Labute approximate surface area is 87.1 Å². The Morgan fingerprint density at radius 1 is 1.27 bits per heavy atom. The van der Waals surface area contributed by atoms with E-state index in [0.717, 1.165) is 0 Å². The lowest BCUT2D eigenvalue weighted by molar-refractivity contribution is -0.148. The van der Waals surface area contributed by atoms with Crippen molar-refractivity contribution in [2.45, 2.75) is 30.8 Å². The zero-order chi connectivity index (χ0) is 12.0. The quantitative estimate of drug-likeness (QED) is 0.304. The molecule has 0 spiro atoms. The van der Waals surface area contributed by atoms with Gasteiger partial charge in [-0.05, 0) is 6.42 Å². The molecule has 0 heterocycles. The zero-order valence-electron chi connectivity index (χ0n) is 8.15. The third-order valence-electron chi connectivity index (χ3n) is 1.91. The Bertz CT molecular complexity index is 217. The fourth-order valence-electron chi connectivity index (χ4n) is 0.958. The fourth-order valence-corrected chi connectivity index (χ4v) is 0.958. The van der Waals surface area contributed by atoms with Gasteiger partial charge < -0.3 is 25.5 Å². The van der Waals surface area contributed by atoms with Gasteiger partial charge >= 0.3 is 0 Å². The van der Waals surface area contributed by atoms with Crippen LogP contribution in [0.2, 0.25) is 0 Å². The first-order chi connectivity index (χ1) is 6.95. The highest BCUT2D eigenvalue weighted by atomic mass is 16.4. The number of hydrogen-bond acceptors (Lipinski definition) is 6. The predicted octanol–water partition coefficient (Wildman–Crippen LogP) is -2.43. The molecule has 0 aliphatic rings. The van der Waals surface area contributed by atoms with Crippen LogP contribution in [-0.4, -0.2) is 62.3 Å². The molecule has 0 saturated carbocycles. The van der Waals surface area contributed by atoms with Crippen LogP contribution in [-0.2, 0) is 4.79 Å². The van der Waals surface area contributed by atoms with E-state index < -0.39 is 36.8 Å². The Hall–Kier alpha value is -0.790. The molecule has 0 radical (unpaired) electrons. The number of Topliss-reactive ketones (excluding diaryl/α,β-unsaturated/α-hetero) is 1. The summed E-state index contributed by atoms with van der Waals surface area (Å²) in [5.41, 5.74) is 0. The highest BCUT2D eigenvalue weighted by molar-refractivity contribution is 5.87. The van der Waals surface area contributed by atoms with E-state index in [4.69, 9.17) is 20.4 Å². The highest BCUT2D eigenvalue weighted by Crippen LogP contribution is 2.06. The van der Waals surface area contributed by atoms with E-state index in [9.17, 15) is 9.90 Å². The molecule has 0 aliphatic heterocycles. The largest absolute Gasteiger partial charge is 0.394 e. The van der Waals surface area contributed by atoms with Crippen LogP contribution in [0.15, 0.2) is 12.7 Å². The molecule has 6 heteroatoms. The monoisotopic (exact) mass is 220 g/mol. The molecular formula is C9H16O6. The van der Waals surface area contributed by atoms with Gasteiger partial charge in [0.2, 0.25) is 0 Å². The van der Waals surface area contributed by atoms with Gasteiger partial charge in [-0.15, -0.1) is 6.58 Å². The molecule has 0 aromatic carbocycles. The van der Waals surface area contributed by atoms with Gasteiger partial charge in [-0.2, -0.15) is 0 Å². The van der Waals surface area contributed by atoms with E-state index >= 15 is 0 Å². The molecule has 6 nitrogen and oxygen atoms in total. The summed E-state index contributed by atoms with van der Waals surface area (Å²) in [5, 5.41) is 44.9. The summed E-state index contributed by atoms with van der Waals surface area (Å²) in [6, 6.07) is 0. The molecule has 0 rings (SSSR count). The Morgan fingerprint density at radius 3 is 2.20 bits per heavy atom. The van der Waals surface area contributed by atoms with Crippen molar-refractivity contribution in [1.82, 2.24) is 0 Å². The summed E-state index contributed by atoms with van der Waals surface area (Å²) in [6.45, 7) is 2.50. The van der Waals surface area contributed by atoms with Crippen LogP contribution in [0, 0.1) is 0 Å². The third-order valence-corrected chi connectivity index (χ3v) is 1.91. The van der Waals surface area contributed by atoms with Gasteiger partial charge in [0.15, 0.2) is 5.78 Å². The van der Waals surface area contributed by atoms with Crippen LogP contribution in [0.5, 0.6) is 0 Å². The van der Waals surface area contributed by atoms with Crippen molar-refractivity contribution in [3.05, 3.63) is 12.7 Å². The van der Waals surface area contributed by atoms with Gasteiger partial charge in [-0.25, -0.2) is 0 Å². The molecule has 1 unspecified atom stereocenters. The number of aliphatic hydroxyl groups is 5. The summed E-state index contributed by atoms with van der Waals surface area (Å²) in [4.78, 5) is 11.2. The van der Waals surface area contributed by atoms with Crippen molar-refractivity contribution < 1.29 is 30.3 Å². The van der Waals surface area contributed by atoms with Gasteiger partial charge in [0, 0.05) is 0 Å². The van der Waals surface area contributed by atoms with Crippen LogP contribution in [0.1, 0.15) is 6.42 Å². The third kappa shape index (κ3) is 4.06. The van der Waals surface area contributed by atoms with Crippen LogP contribution in [0.4, 0.5) is 0 Å². The number of aliphatic hydroxyl groups excluding tert-OH is 5.